The Kier molecular flexibility index (Phi) is 16.4. The van der Waals surface area contributed by atoms with Crippen LogP contribution in [0.3, 0.4) is 0 Å². The fourth-order valence-electron chi connectivity index (χ4n) is 3.56. The lowest BCUT2D eigenvalue weighted by Crippen LogP contribution is -2.44. The van der Waals surface area contributed by atoms with Crippen molar-refractivity contribution in [3.05, 3.63) is 53.6 Å². The third-order valence-corrected chi connectivity index (χ3v) is 6.41. The van der Waals surface area contributed by atoms with Crippen LogP contribution in [0.25, 0.3) is 12.2 Å². The molecule has 0 aromatic heterocycles. The predicted molar refractivity (Wildman–Crippen MR) is 155 cm³/mol. The van der Waals surface area contributed by atoms with Crippen molar-refractivity contribution in [1.29, 1.82) is 0 Å². The van der Waals surface area contributed by atoms with Crippen LogP contribution in [-0.4, -0.2) is 129 Å². The molecule has 0 spiro atoms. The number of ether oxygens (including phenoxy) is 6. The molecule has 12 nitrogen and oxygen atoms in total. The molecule has 12 heteroatoms. The summed E-state index contributed by atoms with van der Waals surface area (Å²) in [5, 5.41) is 57.3. The van der Waals surface area contributed by atoms with Gasteiger partial charge in [-0.15, -0.1) is 0 Å². The lowest BCUT2D eigenvalue weighted by Gasteiger charge is -2.32. The number of aliphatic hydroxyl groups excluding tert-OH is 6. The van der Waals surface area contributed by atoms with Crippen LogP contribution in [0.2, 0.25) is 0 Å². The van der Waals surface area contributed by atoms with E-state index < -0.39 is 63.4 Å². The standard InChI is InChI=1S/C30H44O12/c1-37-25-9-23(10-26(11-25)38-2)4-3-22-5-7-24(8-6-22)41-20-30(18-35,19-36)21-42-29(16-39-27(12-31)13-32)17-40-28(14-33)15-34/h3-11,27-29,31-36H,12-21H2,1-2H3/b4-3+. The summed E-state index contributed by atoms with van der Waals surface area (Å²) < 4.78 is 33.3. The minimum absolute atomic E-state index is 0.0704. The van der Waals surface area contributed by atoms with Crippen LogP contribution in [0, 0.1) is 5.41 Å². The highest BCUT2D eigenvalue weighted by atomic mass is 16.6. The quantitative estimate of drug-likeness (QED) is 0.103. The molecule has 0 aliphatic rings. The molecule has 0 fully saturated rings. The molecule has 0 radical (unpaired) electrons. The van der Waals surface area contributed by atoms with Crippen LogP contribution < -0.4 is 14.2 Å². The Morgan fingerprint density at radius 1 is 0.595 bits per heavy atom. The van der Waals surface area contributed by atoms with Gasteiger partial charge >= 0.3 is 0 Å². The highest BCUT2D eigenvalue weighted by Crippen LogP contribution is 2.25. The van der Waals surface area contributed by atoms with E-state index in [0.717, 1.165) is 11.1 Å². The highest BCUT2D eigenvalue weighted by Gasteiger charge is 2.32. The maximum Gasteiger partial charge on any atom is 0.123 e. The van der Waals surface area contributed by atoms with E-state index >= 15 is 0 Å². The second-order valence-electron chi connectivity index (χ2n) is 9.73. The molecule has 0 heterocycles. The van der Waals surface area contributed by atoms with E-state index in [1.165, 1.54) is 0 Å². The summed E-state index contributed by atoms with van der Waals surface area (Å²) >= 11 is 0. The maximum absolute atomic E-state index is 10.1. The average Bonchev–Trinajstić information content (AvgIpc) is 3.04. The maximum atomic E-state index is 10.1. The van der Waals surface area contributed by atoms with Gasteiger partial charge < -0.3 is 59.1 Å². The fraction of sp³-hybridized carbons (Fsp3) is 0.533. The first kappa shape index (κ1) is 35.4. The monoisotopic (exact) mass is 596 g/mol. The lowest BCUT2D eigenvalue weighted by atomic mass is 9.92. The van der Waals surface area contributed by atoms with E-state index in [0.29, 0.717) is 17.2 Å². The zero-order valence-corrected chi connectivity index (χ0v) is 24.1. The summed E-state index contributed by atoms with van der Waals surface area (Å²) in [6, 6.07) is 12.8. The predicted octanol–water partition coefficient (Wildman–Crippen LogP) is 0.349. The van der Waals surface area contributed by atoms with Crippen molar-refractivity contribution in [3.8, 4) is 17.2 Å². The molecule has 0 amide bonds. The number of benzene rings is 2. The summed E-state index contributed by atoms with van der Waals surface area (Å²) in [7, 11) is 3.19. The van der Waals surface area contributed by atoms with Gasteiger partial charge in [0.05, 0.1) is 79.1 Å². The van der Waals surface area contributed by atoms with E-state index in [4.69, 9.17) is 28.4 Å². The van der Waals surface area contributed by atoms with Gasteiger partial charge in [0.2, 0.25) is 0 Å². The molecule has 0 aliphatic heterocycles. The molecule has 2 aromatic carbocycles. The number of methoxy groups -OCH3 is 2. The van der Waals surface area contributed by atoms with Gasteiger partial charge in [0.15, 0.2) is 0 Å². The van der Waals surface area contributed by atoms with Crippen LogP contribution in [0.15, 0.2) is 42.5 Å². The van der Waals surface area contributed by atoms with Gasteiger partial charge in [-0.25, -0.2) is 0 Å². The van der Waals surface area contributed by atoms with Crippen molar-refractivity contribution in [2.24, 2.45) is 5.41 Å². The fourth-order valence-corrected chi connectivity index (χ4v) is 3.56. The largest absolute Gasteiger partial charge is 0.497 e. The van der Waals surface area contributed by atoms with Crippen molar-refractivity contribution in [1.82, 2.24) is 0 Å². The first-order valence-corrected chi connectivity index (χ1v) is 13.5. The number of aliphatic hydroxyl groups is 6. The van der Waals surface area contributed by atoms with Gasteiger partial charge in [-0.3, -0.25) is 0 Å². The third-order valence-electron chi connectivity index (χ3n) is 6.41. The Morgan fingerprint density at radius 3 is 1.55 bits per heavy atom. The smallest absolute Gasteiger partial charge is 0.123 e. The molecule has 0 saturated carbocycles. The van der Waals surface area contributed by atoms with E-state index in [2.05, 4.69) is 0 Å². The molecule has 0 atom stereocenters. The molecule has 0 unspecified atom stereocenters. The summed E-state index contributed by atoms with van der Waals surface area (Å²) in [6.07, 6.45) is 1.43. The molecule has 0 bridgehead atoms. The minimum atomic E-state index is -1.18. The average molecular weight is 597 g/mol. The topological polar surface area (TPSA) is 177 Å². The van der Waals surface area contributed by atoms with Crippen LogP contribution in [0.1, 0.15) is 11.1 Å². The Bertz CT molecular complexity index is 979. The number of rotatable bonds is 22. The van der Waals surface area contributed by atoms with Gasteiger partial charge in [-0.2, -0.15) is 0 Å². The second-order valence-corrected chi connectivity index (χ2v) is 9.73. The first-order valence-electron chi connectivity index (χ1n) is 13.5. The molecule has 236 valence electrons. The SMILES string of the molecule is COc1cc(/C=C/c2ccc(OCC(CO)(CO)COC(COC(CO)CO)COC(CO)CO)cc2)cc(OC)c1. The summed E-state index contributed by atoms with van der Waals surface area (Å²) in [5.41, 5.74) is 0.644. The van der Waals surface area contributed by atoms with Crippen molar-refractivity contribution < 1.29 is 59.1 Å². The Morgan fingerprint density at radius 2 is 1.10 bits per heavy atom. The molecule has 42 heavy (non-hydrogen) atoms. The molecule has 0 aliphatic carbocycles. The zero-order chi connectivity index (χ0) is 30.8. The Balaban J connectivity index is 2.01. The van der Waals surface area contributed by atoms with Crippen molar-refractivity contribution in [2.75, 3.05) is 80.3 Å². The van der Waals surface area contributed by atoms with Crippen LogP contribution in [-0.2, 0) is 14.2 Å². The third kappa shape index (κ3) is 11.8. The van der Waals surface area contributed by atoms with Gasteiger partial charge in [0.25, 0.3) is 0 Å². The van der Waals surface area contributed by atoms with Crippen LogP contribution in [0.5, 0.6) is 17.2 Å². The summed E-state index contributed by atoms with van der Waals surface area (Å²) in [4.78, 5) is 0. The van der Waals surface area contributed by atoms with Gasteiger partial charge in [0, 0.05) is 6.07 Å². The molecule has 0 saturated heterocycles. The van der Waals surface area contributed by atoms with Crippen molar-refractivity contribution >= 4 is 12.2 Å². The lowest BCUT2D eigenvalue weighted by molar-refractivity contribution is -0.140. The second kappa shape index (κ2) is 19.4. The van der Waals surface area contributed by atoms with E-state index in [1.807, 2.05) is 36.4 Å². The van der Waals surface area contributed by atoms with Crippen molar-refractivity contribution in [3.63, 3.8) is 0 Å². The molecular formula is C30H44O12. The summed E-state index contributed by atoms with van der Waals surface area (Å²) in [6.45, 7) is -2.94. The Hall–Kier alpha value is -2.78. The van der Waals surface area contributed by atoms with E-state index in [1.54, 1.807) is 32.4 Å². The van der Waals surface area contributed by atoms with Gasteiger partial charge in [-0.1, -0.05) is 24.3 Å². The summed E-state index contributed by atoms with van der Waals surface area (Å²) in [5.74, 6) is 1.89. The molecule has 2 aromatic rings. The van der Waals surface area contributed by atoms with Gasteiger partial charge in [0.1, 0.15) is 42.2 Å². The molecular weight excluding hydrogens is 552 g/mol. The van der Waals surface area contributed by atoms with Crippen LogP contribution >= 0.6 is 0 Å². The minimum Gasteiger partial charge on any atom is -0.497 e. The Labute approximate surface area is 246 Å². The number of hydrogen-bond acceptors (Lipinski definition) is 12. The van der Waals surface area contributed by atoms with Crippen LogP contribution in [0.4, 0.5) is 0 Å². The van der Waals surface area contributed by atoms with Crippen molar-refractivity contribution in [2.45, 2.75) is 18.3 Å². The number of hydrogen-bond donors (Lipinski definition) is 6. The van der Waals surface area contributed by atoms with E-state index in [-0.39, 0.29) is 26.4 Å². The van der Waals surface area contributed by atoms with Gasteiger partial charge in [-0.05, 0) is 35.4 Å². The zero-order valence-electron chi connectivity index (χ0n) is 24.1. The molecule has 6 N–H and O–H groups in total. The van der Waals surface area contributed by atoms with E-state index in [9.17, 15) is 30.6 Å². The first-order chi connectivity index (χ1) is 20.4. The highest BCUT2D eigenvalue weighted by molar-refractivity contribution is 5.71. The molecule has 2 rings (SSSR count). The normalized spacial score (nSPS) is 12.2.